The molecule has 3 heterocycles. The lowest BCUT2D eigenvalue weighted by atomic mass is 10.2. The van der Waals surface area contributed by atoms with E-state index in [0.717, 1.165) is 17.8 Å². The molecule has 8 heteroatoms. The Labute approximate surface area is 124 Å². The van der Waals surface area contributed by atoms with Crippen molar-refractivity contribution in [2.24, 2.45) is 0 Å². The van der Waals surface area contributed by atoms with Crippen molar-refractivity contribution >= 4 is 15.9 Å². The van der Waals surface area contributed by atoms with Gasteiger partial charge in [-0.1, -0.05) is 0 Å². The van der Waals surface area contributed by atoms with Crippen LogP contribution in [0.15, 0.2) is 6.07 Å². The molecule has 1 aromatic heterocycles. The summed E-state index contributed by atoms with van der Waals surface area (Å²) >= 11 is 0. The molecule has 0 saturated carbocycles. The molecule has 1 aromatic rings. The van der Waals surface area contributed by atoms with E-state index in [1.165, 1.54) is 10.6 Å². The molecule has 1 saturated heterocycles. The van der Waals surface area contributed by atoms with Crippen molar-refractivity contribution in [2.75, 3.05) is 19.3 Å². The van der Waals surface area contributed by atoms with Gasteiger partial charge < -0.3 is 4.90 Å². The Morgan fingerprint density at radius 1 is 1.33 bits per heavy atom. The molecule has 1 atom stereocenters. The average molecular weight is 312 g/mol. The SMILES string of the molecule is Cc1cc2n(n1)CCN(C(=O)[C@@H]1CCCN1S(C)(=O)=O)C2. The van der Waals surface area contributed by atoms with E-state index < -0.39 is 16.1 Å². The molecule has 7 nitrogen and oxygen atoms in total. The van der Waals surface area contributed by atoms with Gasteiger partial charge in [-0.3, -0.25) is 9.48 Å². The largest absolute Gasteiger partial charge is 0.334 e. The molecule has 0 spiro atoms. The van der Waals surface area contributed by atoms with E-state index in [0.29, 0.717) is 32.6 Å². The van der Waals surface area contributed by atoms with Gasteiger partial charge in [-0.15, -0.1) is 0 Å². The average Bonchev–Trinajstić information content (AvgIpc) is 3.01. The molecule has 1 fully saturated rings. The quantitative estimate of drug-likeness (QED) is 0.768. The van der Waals surface area contributed by atoms with Gasteiger partial charge in [0.25, 0.3) is 0 Å². The molecule has 0 aromatic carbocycles. The number of nitrogens with zero attached hydrogens (tertiary/aromatic N) is 4. The number of rotatable bonds is 2. The third-order valence-electron chi connectivity index (χ3n) is 4.15. The van der Waals surface area contributed by atoms with E-state index in [-0.39, 0.29) is 5.91 Å². The van der Waals surface area contributed by atoms with E-state index >= 15 is 0 Å². The minimum atomic E-state index is -3.32. The van der Waals surface area contributed by atoms with Crippen molar-refractivity contribution < 1.29 is 13.2 Å². The van der Waals surface area contributed by atoms with Crippen molar-refractivity contribution in [1.29, 1.82) is 0 Å². The Morgan fingerprint density at radius 2 is 2.10 bits per heavy atom. The van der Waals surface area contributed by atoms with E-state index in [1.807, 2.05) is 17.7 Å². The zero-order valence-corrected chi connectivity index (χ0v) is 13.1. The second-order valence-electron chi connectivity index (χ2n) is 5.79. The van der Waals surface area contributed by atoms with Crippen LogP contribution in [0.25, 0.3) is 0 Å². The first-order valence-electron chi connectivity index (χ1n) is 7.15. The van der Waals surface area contributed by atoms with Crippen LogP contribution in [0.3, 0.4) is 0 Å². The fourth-order valence-electron chi connectivity index (χ4n) is 3.19. The van der Waals surface area contributed by atoms with Gasteiger partial charge in [-0.2, -0.15) is 9.40 Å². The van der Waals surface area contributed by atoms with Gasteiger partial charge in [-0.25, -0.2) is 8.42 Å². The highest BCUT2D eigenvalue weighted by molar-refractivity contribution is 7.88. The first-order chi connectivity index (χ1) is 9.86. The highest BCUT2D eigenvalue weighted by Crippen LogP contribution is 2.24. The van der Waals surface area contributed by atoms with Gasteiger partial charge in [0.15, 0.2) is 0 Å². The predicted octanol–water partition coefficient (Wildman–Crippen LogP) is -0.0423. The summed E-state index contributed by atoms with van der Waals surface area (Å²) < 4.78 is 26.8. The number of hydrogen-bond donors (Lipinski definition) is 0. The minimum Gasteiger partial charge on any atom is -0.334 e. The van der Waals surface area contributed by atoms with E-state index in [4.69, 9.17) is 0 Å². The fourth-order valence-corrected chi connectivity index (χ4v) is 4.31. The van der Waals surface area contributed by atoms with E-state index in [9.17, 15) is 13.2 Å². The molecule has 0 radical (unpaired) electrons. The van der Waals surface area contributed by atoms with Crippen molar-refractivity contribution in [3.05, 3.63) is 17.5 Å². The second kappa shape index (κ2) is 5.10. The maximum absolute atomic E-state index is 12.7. The van der Waals surface area contributed by atoms with Crippen LogP contribution in [0.1, 0.15) is 24.2 Å². The Morgan fingerprint density at radius 3 is 2.81 bits per heavy atom. The van der Waals surface area contributed by atoms with E-state index in [2.05, 4.69) is 5.10 Å². The monoisotopic (exact) mass is 312 g/mol. The first-order valence-corrected chi connectivity index (χ1v) is 9.00. The van der Waals surface area contributed by atoms with Gasteiger partial charge in [0, 0.05) is 13.1 Å². The summed E-state index contributed by atoms with van der Waals surface area (Å²) in [6.07, 6.45) is 2.53. The lowest BCUT2D eigenvalue weighted by molar-refractivity contribution is -0.136. The van der Waals surface area contributed by atoms with Crippen LogP contribution in [-0.2, 0) is 27.9 Å². The zero-order chi connectivity index (χ0) is 15.2. The molecule has 3 rings (SSSR count). The summed E-state index contributed by atoms with van der Waals surface area (Å²) in [6.45, 7) is 4.13. The molecule has 0 N–H and O–H groups in total. The molecule has 2 aliphatic rings. The number of carbonyl (C=O) groups excluding carboxylic acids is 1. The Kier molecular flexibility index (Phi) is 3.53. The molecule has 2 aliphatic heterocycles. The summed E-state index contributed by atoms with van der Waals surface area (Å²) in [5.74, 6) is -0.0805. The number of amides is 1. The number of carbonyl (C=O) groups is 1. The van der Waals surface area contributed by atoms with Crippen LogP contribution in [0, 0.1) is 6.92 Å². The topological polar surface area (TPSA) is 75.5 Å². The highest BCUT2D eigenvalue weighted by Gasteiger charge is 2.39. The van der Waals surface area contributed by atoms with Crippen molar-refractivity contribution in [2.45, 2.75) is 38.9 Å². The third-order valence-corrected chi connectivity index (χ3v) is 5.44. The maximum Gasteiger partial charge on any atom is 0.241 e. The maximum atomic E-state index is 12.7. The van der Waals surface area contributed by atoms with Gasteiger partial charge in [-0.05, 0) is 25.8 Å². The fraction of sp³-hybridized carbons (Fsp3) is 0.692. The van der Waals surface area contributed by atoms with Gasteiger partial charge >= 0.3 is 0 Å². The molecular formula is C13H20N4O3S. The summed E-state index contributed by atoms with van der Waals surface area (Å²) in [6, 6.07) is 1.44. The molecule has 0 bridgehead atoms. The third kappa shape index (κ3) is 2.69. The lowest BCUT2D eigenvalue weighted by Crippen LogP contribution is -2.49. The van der Waals surface area contributed by atoms with Gasteiger partial charge in [0.1, 0.15) is 6.04 Å². The first kappa shape index (κ1) is 14.5. The smallest absolute Gasteiger partial charge is 0.241 e. The summed E-state index contributed by atoms with van der Waals surface area (Å²) in [5, 5.41) is 4.37. The highest BCUT2D eigenvalue weighted by atomic mass is 32.2. The summed E-state index contributed by atoms with van der Waals surface area (Å²) in [5.41, 5.74) is 1.95. The van der Waals surface area contributed by atoms with Crippen LogP contribution >= 0.6 is 0 Å². The van der Waals surface area contributed by atoms with Crippen molar-refractivity contribution in [1.82, 2.24) is 19.0 Å². The number of aromatic nitrogens is 2. The molecule has 1 amide bonds. The standard InChI is InChI=1S/C13H20N4O3S/c1-10-8-11-9-15(6-7-16(11)14-10)13(18)12-4-3-5-17(12)21(2,19)20/h8,12H,3-7,9H2,1-2H3/t12-/m0/s1. The molecular weight excluding hydrogens is 292 g/mol. The van der Waals surface area contributed by atoms with Crippen LogP contribution < -0.4 is 0 Å². The van der Waals surface area contributed by atoms with Crippen LogP contribution in [0.4, 0.5) is 0 Å². The van der Waals surface area contributed by atoms with Crippen molar-refractivity contribution in [3.63, 3.8) is 0 Å². The number of sulfonamides is 1. The molecule has 0 aliphatic carbocycles. The molecule has 21 heavy (non-hydrogen) atoms. The lowest BCUT2D eigenvalue weighted by Gasteiger charge is -2.32. The van der Waals surface area contributed by atoms with E-state index in [1.54, 1.807) is 4.90 Å². The van der Waals surface area contributed by atoms with Gasteiger partial charge in [0.2, 0.25) is 15.9 Å². The molecule has 0 unspecified atom stereocenters. The van der Waals surface area contributed by atoms with Crippen molar-refractivity contribution in [3.8, 4) is 0 Å². The Hall–Kier alpha value is -1.41. The number of hydrogen-bond acceptors (Lipinski definition) is 4. The van der Waals surface area contributed by atoms with Crippen LogP contribution in [0.5, 0.6) is 0 Å². The predicted molar refractivity (Wildman–Crippen MR) is 77.0 cm³/mol. The van der Waals surface area contributed by atoms with Gasteiger partial charge in [0.05, 0.1) is 30.7 Å². The summed E-state index contributed by atoms with van der Waals surface area (Å²) in [7, 11) is -3.32. The molecule has 116 valence electrons. The minimum absolute atomic E-state index is 0.0805. The number of aryl methyl sites for hydroxylation is 1. The zero-order valence-electron chi connectivity index (χ0n) is 12.3. The number of fused-ring (bicyclic) bond motifs is 1. The van der Waals surface area contributed by atoms with Crippen LogP contribution in [0.2, 0.25) is 0 Å². The Bertz CT molecular complexity index is 667. The van der Waals surface area contributed by atoms with Crippen LogP contribution in [-0.4, -0.2) is 58.7 Å². The Balaban J connectivity index is 1.77. The second-order valence-corrected chi connectivity index (χ2v) is 7.73. The normalized spacial score (nSPS) is 23.3. The summed E-state index contributed by atoms with van der Waals surface area (Å²) in [4.78, 5) is 14.4.